The number of halogens is 1. The van der Waals surface area contributed by atoms with Gasteiger partial charge in [-0.1, -0.05) is 11.6 Å². The van der Waals surface area contributed by atoms with E-state index in [0.29, 0.717) is 5.75 Å². The summed E-state index contributed by atoms with van der Waals surface area (Å²) in [5.41, 5.74) is 0.830. The largest absolute Gasteiger partial charge is 0.495 e. The molecule has 138 valence electrons. The number of methoxy groups -OCH3 is 1. The summed E-state index contributed by atoms with van der Waals surface area (Å²) in [5, 5.41) is 14.4. The first kappa shape index (κ1) is 19.3. The van der Waals surface area contributed by atoms with E-state index in [1.807, 2.05) is 16.8 Å². The van der Waals surface area contributed by atoms with E-state index in [1.54, 1.807) is 12.1 Å². The van der Waals surface area contributed by atoms with Crippen LogP contribution in [0.1, 0.15) is 21.4 Å². The maximum atomic E-state index is 12.4. The second-order valence-electron chi connectivity index (χ2n) is 5.38. The number of benzene rings is 1. The van der Waals surface area contributed by atoms with Gasteiger partial charge in [-0.25, -0.2) is 13.1 Å². The molecule has 9 heteroatoms. The lowest BCUT2D eigenvalue weighted by Gasteiger charge is -2.08. The summed E-state index contributed by atoms with van der Waals surface area (Å²) in [6, 6.07) is 9.78. The summed E-state index contributed by atoms with van der Waals surface area (Å²) in [5.74, 6) is 0.413. The van der Waals surface area contributed by atoms with Crippen LogP contribution in [0.5, 0.6) is 5.75 Å². The monoisotopic (exact) mass is 429 g/mol. The van der Waals surface area contributed by atoms with Gasteiger partial charge >= 0.3 is 0 Å². The van der Waals surface area contributed by atoms with Gasteiger partial charge in [0.05, 0.1) is 17.0 Å². The van der Waals surface area contributed by atoms with Crippen LogP contribution in [0.15, 0.2) is 52.1 Å². The van der Waals surface area contributed by atoms with E-state index in [0.717, 1.165) is 15.3 Å². The summed E-state index contributed by atoms with van der Waals surface area (Å²) < 4.78 is 32.4. The molecule has 0 amide bonds. The van der Waals surface area contributed by atoms with Crippen LogP contribution in [0.25, 0.3) is 0 Å². The lowest BCUT2D eigenvalue weighted by molar-refractivity contribution is 0.224. The van der Waals surface area contributed by atoms with Crippen molar-refractivity contribution in [3.8, 4) is 5.75 Å². The fourth-order valence-corrected chi connectivity index (χ4v) is 5.39. The highest BCUT2D eigenvalue weighted by atomic mass is 35.5. The first-order valence-electron chi connectivity index (χ1n) is 7.52. The van der Waals surface area contributed by atoms with Crippen LogP contribution in [0, 0.1) is 0 Å². The van der Waals surface area contributed by atoms with E-state index in [1.165, 1.54) is 48.0 Å². The second-order valence-corrected chi connectivity index (χ2v) is 9.54. The first-order chi connectivity index (χ1) is 12.4. The number of nitrogens with one attached hydrogen (secondary N) is 1. The van der Waals surface area contributed by atoms with Crippen molar-refractivity contribution in [3.05, 3.63) is 67.5 Å². The fourth-order valence-electron chi connectivity index (χ4n) is 2.30. The van der Waals surface area contributed by atoms with Crippen molar-refractivity contribution in [3.63, 3.8) is 0 Å². The van der Waals surface area contributed by atoms with E-state index < -0.39 is 16.1 Å². The summed E-state index contributed by atoms with van der Waals surface area (Å²) in [6.07, 6.45) is -0.697. The van der Waals surface area contributed by atoms with Gasteiger partial charge < -0.3 is 9.84 Å². The van der Waals surface area contributed by atoms with Gasteiger partial charge in [-0.15, -0.1) is 11.3 Å². The highest BCUT2D eigenvalue weighted by molar-refractivity contribution is 7.89. The van der Waals surface area contributed by atoms with Crippen molar-refractivity contribution >= 4 is 44.3 Å². The normalized spacial score (nSPS) is 12.9. The van der Waals surface area contributed by atoms with Crippen molar-refractivity contribution in [1.29, 1.82) is 0 Å². The van der Waals surface area contributed by atoms with E-state index in [-0.39, 0.29) is 16.5 Å². The molecule has 26 heavy (non-hydrogen) atoms. The van der Waals surface area contributed by atoms with Crippen LogP contribution >= 0.6 is 34.3 Å². The summed E-state index contributed by atoms with van der Waals surface area (Å²) in [4.78, 5) is 1.64. The Bertz CT molecular complexity index is 983. The average Bonchev–Trinajstić information content (AvgIpc) is 3.31. The maximum absolute atomic E-state index is 12.4. The van der Waals surface area contributed by atoms with E-state index in [4.69, 9.17) is 16.3 Å². The van der Waals surface area contributed by atoms with Gasteiger partial charge in [-0.3, -0.25) is 0 Å². The van der Waals surface area contributed by atoms with Crippen LogP contribution in [-0.4, -0.2) is 20.6 Å². The van der Waals surface area contributed by atoms with Crippen molar-refractivity contribution in [2.45, 2.75) is 17.5 Å². The molecule has 0 aliphatic heterocycles. The zero-order chi connectivity index (χ0) is 18.7. The number of thiophene rings is 2. The Morgan fingerprint density at radius 1 is 1.27 bits per heavy atom. The lowest BCUT2D eigenvalue weighted by Crippen LogP contribution is -2.22. The first-order valence-corrected chi connectivity index (χ1v) is 11.1. The smallest absolute Gasteiger partial charge is 0.240 e. The number of hydrogen-bond acceptors (Lipinski definition) is 6. The third kappa shape index (κ3) is 4.28. The Hall–Kier alpha value is -1.42. The van der Waals surface area contributed by atoms with Crippen molar-refractivity contribution in [2.75, 3.05) is 7.11 Å². The zero-order valence-electron chi connectivity index (χ0n) is 13.7. The topological polar surface area (TPSA) is 75.6 Å². The summed E-state index contributed by atoms with van der Waals surface area (Å²) in [7, 11) is -2.24. The Morgan fingerprint density at radius 2 is 2.08 bits per heavy atom. The Kier molecular flexibility index (Phi) is 6.01. The molecule has 1 aromatic carbocycles. The van der Waals surface area contributed by atoms with E-state index in [9.17, 15) is 13.5 Å². The van der Waals surface area contributed by atoms with E-state index >= 15 is 0 Å². The summed E-state index contributed by atoms with van der Waals surface area (Å²) >= 11 is 8.88. The molecule has 0 spiro atoms. The van der Waals surface area contributed by atoms with Gasteiger partial charge in [0.15, 0.2) is 0 Å². The molecule has 0 radical (unpaired) electrons. The number of hydrogen-bond donors (Lipinski definition) is 2. The zero-order valence-corrected chi connectivity index (χ0v) is 16.9. The second kappa shape index (κ2) is 8.08. The average molecular weight is 430 g/mol. The highest BCUT2D eigenvalue weighted by Gasteiger charge is 2.18. The molecule has 5 nitrogen and oxygen atoms in total. The van der Waals surface area contributed by atoms with Crippen LogP contribution in [0.2, 0.25) is 5.02 Å². The van der Waals surface area contributed by atoms with Gasteiger partial charge in [0.25, 0.3) is 0 Å². The lowest BCUT2D eigenvalue weighted by atomic mass is 10.2. The minimum atomic E-state index is -3.70. The van der Waals surface area contributed by atoms with Gasteiger partial charge in [0, 0.05) is 16.3 Å². The molecule has 0 bridgehead atoms. The number of aliphatic hydroxyl groups excluding tert-OH is 1. The van der Waals surface area contributed by atoms with Crippen molar-refractivity contribution < 1.29 is 18.3 Å². The molecule has 2 aromatic heterocycles. The van der Waals surface area contributed by atoms with Crippen LogP contribution in [0.3, 0.4) is 0 Å². The number of aliphatic hydroxyl groups is 1. The fraction of sp³-hybridized carbons (Fsp3) is 0.176. The number of ether oxygens (including phenoxy) is 1. The molecular weight excluding hydrogens is 414 g/mol. The molecule has 0 saturated heterocycles. The third-order valence-corrected chi connectivity index (χ3v) is 7.21. The molecule has 2 N–H and O–H groups in total. The maximum Gasteiger partial charge on any atom is 0.240 e. The van der Waals surface area contributed by atoms with Gasteiger partial charge in [-0.05, 0) is 52.7 Å². The third-order valence-electron chi connectivity index (χ3n) is 3.68. The van der Waals surface area contributed by atoms with Gasteiger partial charge in [-0.2, -0.15) is 11.3 Å². The van der Waals surface area contributed by atoms with Crippen LogP contribution < -0.4 is 9.46 Å². The van der Waals surface area contributed by atoms with Gasteiger partial charge in [0.1, 0.15) is 11.9 Å². The predicted molar refractivity (Wildman–Crippen MR) is 105 cm³/mol. The Balaban J connectivity index is 1.69. The molecule has 0 aliphatic rings. The molecule has 0 unspecified atom stereocenters. The molecule has 0 fully saturated rings. The summed E-state index contributed by atoms with van der Waals surface area (Å²) in [6.45, 7) is 0.132. The van der Waals surface area contributed by atoms with Crippen molar-refractivity contribution in [1.82, 2.24) is 4.72 Å². The molecule has 0 aliphatic carbocycles. The number of rotatable bonds is 7. The minimum Gasteiger partial charge on any atom is -0.495 e. The molecule has 0 saturated carbocycles. The minimum absolute atomic E-state index is 0.0680. The van der Waals surface area contributed by atoms with Gasteiger partial charge in [0.2, 0.25) is 10.0 Å². The number of sulfonamides is 1. The van der Waals surface area contributed by atoms with Crippen molar-refractivity contribution in [2.24, 2.45) is 0 Å². The molecule has 2 heterocycles. The van der Waals surface area contributed by atoms with Crippen LogP contribution in [-0.2, 0) is 16.6 Å². The Morgan fingerprint density at radius 3 is 2.73 bits per heavy atom. The Labute approximate surface area is 164 Å². The molecular formula is C17H16ClNO4S3. The van der Waals surface area contributed by atoms with E-state index in [2.05, 4.69) is 4.72 Å². The molecule has 3 aromatic rings. The molecule has 3 rings (SSSR count). The molecule has 1 atom stereocenters. The standard InChI is InChI=1S/C17H16ClNO4S3/c1-23-15-4-3-13(8-14(15)18)26(21,22)19-9-12-2-5-16(25-12)17(20)11-6-7-24-10-11/h2-8,10,17,19-20H,9H2,1H3/t17-/m1/s1. The quantitative estimate of drug-likeness (QED) is 0.594. The SMILES string of the molecule is COc1ccc(S(=O)(=O)NCc2ccc([C@H](O)c3ccsc3)s2)cc1Cl. The highest BCUT2D eigenvalue weighted by Crippen LogP contribution is 2.30. The van der Waals surface area contributed by atoms with Crippen LogP contribution in [0.4, 0.5) is 0 Å². The predicted octanol–water partition coefficient (Wildman–Crippen LogP) is 4.03.